The van der Waals surface area contributed by atoms with E-state index in [9.17, 15) is 9.59 Å². The lowest BCUT2D eigenvalue weighted by Crippen LogP contribution is -2.36. The van der Waals surface area contributed by atoms with Gasteiger partial charge in [0.1, 0.15) is 12.4 Å². The summed E-state index contributed by atoms with van der Waals surface area (Å²) in [5.74, 6) is 0.773. The summed E-state index contributed by atoms with van der Waals surface area (Å²) in [6.07, 6.45) is 4.55. The lowest BCUT2D eigenvalue weighted by atomic mass is 9.71. The average Bonchev–Trinajstić information content (AvgIpc) is 2.78. The molecule has 0 fully saturated rings. The highest BCUT2D eigenvalue weighted by Crippen LogP contribution is 2.46. The third kappa shape index (κ3) is 3.95. The molecule has 2 aliphatic carbocycles. The predicted octanol–water partition coefficient (Wildman–Crippen LogP) is 6.04. The maximum Gasteiger partial charge on any atom is 0.161 e. The van der Waals surface area contributed by atoms with Crippen LogP contribution in [0.2, 0.25) is 0 Å². The molecule has 0 spiro atoms. The number of carbonyl (C=O) groups excluding carboxylic acids is 2. The van der Waals surface area contributed by atoms with E-state index < -0.39 is 0 Å². The van der Waals surface area contributed by atoms with Gasteiger partial charge in [-0.1, -0.05) is 35.9 Å². The van der Waals surface area contributed by atoms with Gasteiger partial charge in [0.2, 0.25) is 0 Å². The summed E-state index contributed by atoms with van der Waals surface area (Å²) in [5.41, 5.74) is 6.88. The van der Waals surface area contributed by atoms with Gasteiger partial charge in [-0.05, 0) is 71.8 Å². The minimum Gasteiger partial charge on any atom is -0.488 e. The Kier molecular flexibility index (Phi) is 5.76. The minimum atomic E-state index is -0.288. The molecule has 164 valence electrons. The minimum absolute atomic E-state index is 0.157. The molecule has 0 unspecified atom stereocenters. The van der Waals surface area contributed by atoms with Crippen LogP contribution in [0.15, 0.2) is 69.5 Å². The Hall–Kier alpha value is -2.66. The first kappa shape index (κ1) is 21.2. The Morgan fingerprint density at radius 2 is 1.53 bits per heavy atom. The zero-order valence-electron chi connectivity index (χ0n) is 18.2. The number of Topliss-reactive ketones (excluding diaryl/α,β-unsaturated/α-hetero) is 2. The number of dihydropyridines is 1. The van der Waals surface area contributed by atoms with Crippen molar-refractivity contribution in [2.75, 3.05) is 0 Å². The number of hydrogen-bond acceptors (Lipinski definition) is 4. The zero-order chi connectivity index (χ0) is 22.2. The fourth-order valence-electron chi connectivity index (χ4n) is 4.98. The van der Waals surface area contributed by atoms with Crippen molar-refractivity contribution in [1.29, 1.82) is 0 Å². The van der Waals surface area contributed by atoms with Crippen molar-refractivity contribution in [3.63, 3.8) is 0 Å². The first-order valence-electron chi connectivity index (χ1n) is 11.3. The molecule has 0 aromatic heterocycles. The average molecular weight is 492 g/mol. The third-order valence-corrected chi connectivity index (χ3v) is 7.22. The number of rotatable bonds is 4. The molecule has 3 aliphatic rings. The van der Waals surface area contributed by atoms with Gasteiger partial charge in [0.05, 0.1) is 4.47 Å². The highest BCUT2D eigenvalue weighted by atomic mass is 79.9. The molecule has 1 N–H and O–H groups in total. The van der Waals surface area contributed by atoms with E-state index in [1.807, 2.05) is 18.2 Å². The number of carbonyl (C=O) groups is 2. The van der Waals surface area contributed by atoms with Crippen LogP contribution in [-0.2, 0) is 16.2 Å². The van der Waals surface area contributed by atoms with E-state index in [1.54, 1.807) is 0 Å². The van der Waals surface area contributed by atoms with Crippen LogP contribution in [0.5, 0.6) is 5.75 Å². The number of aryl methyl sites for hydroxylation is 1. The second kappa shape index (κ2) is 8.70. The van der Waals surface area contributed by atoms with Crippen molar-refractivity contribution in [3.05, 3.63) is 86.2 Å². The van der Waals surface area contributed by atoms with Crippen LogP contribution >= 0.6 is 15.9 Å². The van der Waals surface area contributed by atoms with Crippen molar-refractivity contribution in [1.82, 2.24) is 5.32 Å². The largest absolute Gasteiger partial charge is 0.488 e. The Morgan fingerprint density at radius 1 is 0.906 bits per heavy atom. The van der Waals surface area contributed by atoms with Gasteiger partial charge < -0.3 is 10.1 Å². The van der Waals surface area contributed by atoms with Gasteiger partial charge in [0, 0.05) is 41.3 Å². The molecule has 2 aromatic rings. The predicted molar refractivity (Wildman–Crippen MR) is 127 cm³/mol. The number of halogens is 1. The van der Waals surface area contributed by atoms with Crippen LogP contribution < -0.4 is 10.1 Å². The SMILES string of the molecule is Cc1ccc(COc2ccc(C3C4=C(CCCC4=O)NC4=C3C(=O)CCC4)cc2Br)cc1. The van der Waals surface area contributed by atoms with Crippen LogP contribution in [0.1, 0.15) is 61.1 Å². The summed E-state index contributed by atoms with van der Waals surface area (Å²) in [6.45, 7) is 2.55. The van der Waals surface area contributed by atoms with Gasteiger partial charge in [0.25, 0.3) is 0 Å². The molecule has 1 aliphatic heterocycles. The zero-order valence-corrected chi connectivity index (χ0v) is 19.8. The highest BCUT2D eigenvalue weighted by molar-refractivity contribution is 9.10. The molecule has 32 heavy (non-hydrogen) atoms. The van der Waals surface area contributed by atoms with Crippen molar-refractivity contribution < 1.29 is 14.3 Å². The molecule has 4 nitrogen and oxygen atoms in total. The molecular formula is C27H26BrNO3. The van der Waals surface area contributed by atoms with Crippen molar-refractivity contribution in [2.24, 2.45) is 0 Å². The van der Waals surface area contributed by atoms with Crippen molar-refractivity contribution in [3.8, 4) is 5.75 Å². The van der Waals surface area contributed by atoms with Gasteiger partial charge in [-0.15, -0.1) is 0 Å². The summed E-state index contributed by atoms with van der Waals surface area (Å²) in [7, 11) is 0. The summed E-state index contributed by atoms with van der Waals surface area (Å²) in [5, 5.41) is 3.47. The molecular weight excluding hydrogens is 466 g/mol. The number of benzene rings is 2. The summed E-state index contributed by atoms with van der Waals surface area (Å²) < 4.78 is 6.87. The molecule has 5 rings (SSSR count). The Bertz CT molecular complexity index is 1120. The quantitative estimate of drug-likeness (QED) is 0.566. The number of nitrogens with one attached hydrogen (secondary N) is 1. The highest BCUT2D eigenvalue weighted by Gasteiger charge is 2.40. The summed E-state index contributed by atoms with van der Waals surface area (Å²) >= 11 is 3.66. The van der Waals surface area contributed by atoms with Crippen LogP contribution in [-0.4, -0.2) is 11.6 Å². The second-order valence-corrected chi connectivity index (χ2v) is 9.71. The first-order chi connectivity index (χ1) is 15.5. The maximum atomic E-state index is 13.0. The number of ether oxygens (including phenoxy) is 1. The maximum absolute atomic E-state index is 13.0. The molecule has 0 atom stereocenters. The monoisotopic (exact) mass is 491 g/mol. The molecule has 2 aromatic carbocycles. The fourth-order valence-corrected chi connectivity index (χ4v) is 5.49. The van der Waals surface area contributed by atoms with Crippen molar-refractivity contribution in [2.45, 2.75) is 58.0 Å². The van der Waals surface area contributed by atoms with Crippen LogP contribution in [0.3, 0.4) is 0 Å². The summed E-state index contributed by atoms with van der Waals surface area (Å²) in [6, 6.07) is 14.2. The van der Waals surface area contributed by atoms with Gasteiger partial charge in [-0.25, -0.2) is 0 Å². The van der Waals surface area contributed by atoms with Gasteiger partial charge in [-0.2, -0.15) is 0 Å². The third-order valence-electron chi connectivity index (χ3n) is 6.60. The van der Waals surface area contributed by atoms with E-state index >= 15 is 0 Å². The van der Waals surface area contributed by atoms with Gasteiger partial charge in [-0.3, -0.25) is 9.59 Å². The number of ketones is 2. The van der Waals surface area contributed by atoms with Crippen LogP contribution in [0, 0.1) is 6.92 Å². The van der Waals surface area contributed by atoms with E-state index in [0.717, 1.165) is 69.6 Å². The standard InChI is InChI=1S/C27H26BrNO3/c1-16-8-10-17(11-9-16)15-32-24-13-12-18(14-19(24)28)25-26-20(4-2-6-22(26)30)29-21-5-3-7-23(31)27(21)25/h8-14,25,29H,2-7,15H2,1H3. The van der Waals surface area contributed by atoms with E-state index in [2.05, 4.69) is 52.4 Å². The molecule has 0 saturated carbocycles. The number of hydrogen-bond donors (Lipinski definition) is 1. The van der Waals surface area contributed by atoms with Crippen LogP contribution in [0.4, 0.5) is 0 Å². The lowest BCUT2D eigenvalue weighted by molar-refractivity contribution is -0.116. The van der Waals surface area contributed by atoms with Crippen LogP contribution in [0.25, 0.3) is 0 Å². The molecule has 5 heteroatoms. The lowest BCUT2D eigenvalue weighted by Gasteiger charge is -2.37. The van der Waals surface area contributed by atoms with Crippen molar-refractivity contribution >= 4 is 27.5 Å². The number of allylic oxidation sites excluding steroid dienone is 4. The Balaban J connectivity index is 1.48. The topological polar surface area (TPSA) is 55.4 Å². The Labute approximate surface area is 196 Å². The molecule has 0 bridgehead atoms. The van der Waals surface area contributed by atoms with E-state index in [4.69, 9.17) is 4.74 Å². The van der Waals surface area contributed by atoms with Gasteiger partial charge >= 0.3 is 0 Å². The normalized spacial score (nSPS) is 18.9. The summed E-state index contributed by atoms with van der Waals surface area (Å²) in [4.78, 5) is 25.9. The van der Waals surface area contributed by atoms with E-state index in [0.29, 0.717) is 19.4 Å². The molecule has 0 radical (unpaired) electrons. The first-order valence-corrected chi connectivity index (χ1v) is 12.1. The van der Waals surface area contributed by atoms with E-state index in [1.165, 1.54) is 5.56 Å². The molecule has 0 amide bonds. The Morgan fingerprint density at radius 3 is 2.12 bits per heavy atom. The fraction of sp³-hybridized carbons (Fsp3) is 0.333. The van der Waals surface area contributed by atoms with Gasteiger partial charge in [0.15, 0.2) is 11.6 Å². The second-order valence-electron chi connectivity index (χ2n) is 8.86. The smallest absolute Gasteiger partial charge is 0.161 e. The molecule has 1 heterocycles. The van der Waals surface area contributed by atoms with E-state index in [-0.39, 0.29) is 17.5 Å². The molecule has 0 saturated heterocycles.